The van der Waals surface area contributed by atoms with Crippen LogP contribution in [0.4, 0.5) is 0 Å². The first kappa shape index (κ1) is 19.9. The minimum atomic E-state index is -0.488. The second-order valence-corrected chi connectivity index (χ2v) is 7.75. The highest BCUT2D eigenvalue weighted by atomic mass is 16.2. The monoisotopic (exact) mass is 402 g/mol. The Kier molecular flexibility index (Phi) is 5.65. The summed E-state index contributed by atoms with van der Waals surface area (Å²) >= 11 is 0. The molecule has 2 heterocycles. The van der Waals surface area contributed by atoms with Crippen LogP contribution >= 0.6 is 0 Å². The SMILES string of the molecule is Cc1nn(Cc2ccccc2)c(C)c1C(=O)N[C@H]1CCN(Cc2ccccc2)C1=O. The fourth-order valence-electron chi connectivity index (χ4n) is 4.00. The third-order valence-corrected chi connectivity index (χ3v) is 5.60. The molecule has 3 aromatic rings. The summed E-state index contributed by atoms with van der Waals surface area (Å²) in [6.07, 6.45) is 0.619. The van der Waals surface area contributed by atoms with E-state index in [2.05, 4.69) is 10.4 Å². The van der Waals surface area contributed by atoms with Gasteiger partial charge in [-0.2, -0.15) is 5.10 Å². The van der Waals surface area contributed by atoms with Crippen molar-refractivity contribution in [3.8, 4) is 0 Å². The van der Waals surface area contributed by atoms with Gasteiger partial charge in [-0.25, -0.2) is 0 Å². The molecule has 1 atom stereocenters. The van der Waals surface area contributed by atoms with E-state index in [9.17, 15) is 9.59 Å². The summed E-state index contributed by atoms with van der Waals surface area (Å²) in [5.41, 5.74) is 4.25. The van der Waals surface area contributed by atoms with E-state index >= 15 is 0 Å². The molecule has 1 aliphatic rings. The van der Waals surface area contributed by atoms with Gasteiger partial charge in [-0.1, -0.05) is 60.7 Å². The molecule has 1 fully saturated rings. The summed E-state index contributed by atoms with van der Waals surface area (Å²) in [6, 6.07) is 19.4. The van der Waals surface area contributed by atoms with Crippen molar-refractivity contribution in [2.45, 2.75) is 39.4 Å². The highest BCUT2D eigenvalue weighted by Crippen LogP contribution is 2.18. The Morgan fingerprint density at radius 1 is 1.00 bits per heavy atom. The zero-order valence-electron chi connectivity index (χ0n) is 17.3. The third-order valence-electron chi connectivity index (χ3n) is 5.60. The number of nitrogens with one attached hydrogen (secondary N) is 1. The molecule has 0 aliphatic carbocycles. The van der Waals surface area contributed by atoms with E-state index in [0.717, 1.165) is 16.8 Å². The zero-order chi connectivity index (χ0) is 21.1. The van der Waals surface area contributed by atoms with E-state index in [1.807, 2.05) is 79.2 Å². The van der Waals surface area contributed by atoms with Crippen molar-refractivity contribution >= 4 is 11.8 Å². The van der Waals surface area contributed by atoms with Gasteiger partial charge in [-0.3, -0.25) is 14.3 Å². The minimum Gasteiger partial charge on any atom is -0.340 e. The van der Waals surface area contributed by atoms with Crippen molar-refractivity contribution in [1.29, 1.82) is 0 Å². The van der Waals surface area contributed by atoms with Crippen molar-refractivity contribution in [3.63, 3.8) is 0 Å². The molecule has 1 N–H and O–H groups in total. The van der Waals surface area contributed by atoms with Gasteiger partial charge in [0.2, 0.25) is 5.91 Å². The maximum absolute atomic E-state index is 13.0. The number of amides is 2. The summed E-state index contributed by atoms with van der Waals surface area (Å²) in [5, 5.41) is 7.49. The van der Waals surface area contributed by atoms with E-state index in [-0.39, 0.29) is 11.8 Å². The van der Waals surface area contributed by atoms with Crippen molar-refractivity contribution in [2.75, 3.05) is 6.54 Å². The summed E-state index contributed by atoms with van der Waals surface area (Å²) in [7, 11) is 0. The lowest BCUT2D eigenvalue weighted by molar-refractivity contribution is -0.129. The fraction of sp³-hybridized carbons (Fsp3) is 0.292. The summed E-state index contributed by atoms with van der Waals surface area (Å²) in [5.74, 6) is -0.261. The molecule has 4 rings (SSSR count). The van der Waals surface area contributed by atoms with Crippen LogP contribution in [-0.2, 0) is 17.9 Å². The molecule has 1 aromatic heterocycles. The van der Waals surface area contributed by atoms with Crippen molar-refractivity contribution in [2.24, 2.45) is 0 Å². The predicted molar refractivity (Wildman–Crippen MR) is 115 cm³/mol. The standard InChI is InChI=1S/C24H26N4O2/c1-17-22(18(2)28(26-17)16-20-11-7-4-8-12-20)23(29)25-21-13-14-27(24(21)30)15-19-9-5-3-6-10-19/h3-12,21H,13-16H2,1-2H3,(H,25,29)/t21-/m0/s1. The summed E-state index contributed by atoms with van der Waals surface area (Å²) < 4.78 is 1.84. The van der Waals surface area contributed by atoms with Crippen LogP contribution in [0.5, 0.6) is 0 Å². The van der Waals surface area contributed by atoms with Gasteiger partial charge in [0.25, 0.3) is 5.91 Å². The van der Waals surface area contributed by atoms with E-state index < -0.39 is 6.04 Å². The number of hydrogen-bond donors (Lipinski definition) is 1. The number of hydrogen-bond acceptors (Lipinski definition) is 3. The molecule has 2 amide bonds. The Morgan fingerprint density at radius 3 is 2.23 bits per heavy atom. The number of carbonyl (C=O) groups excluding carboxylic acids is 2. The quantitative estimate of drug-likeness (QED) is 0.689. The molecular formula is C24H26N4O2. The lowest BCUT2D eigenvalue weighted by atomic mass is 10.1. The molecule has 30 heavy (non-hydrogen) atoms. The fourth-order valence-corrected chi connectivity index (χ4v) is 4.00. The first-order valence-electron chi connectivity index (χ1n) is 10.2. The molecule has 0 radical (unpaired) electrons. The van der Waals surface area contributed by atoms with Crippen molar-refractivity contribution < 1.29 is 9.59 Å². The Hall–Kier alpha value is -3.41. The normalized spacial score (nSPS) is 16.1. The van der Waals surface area contributed by atoms with Crippen LogP contribution in [0.3, 0.4) is 0 Å². The molecule has 0 bridgehead atoms. The highest BCUT2D eigenvalue weighted by molar-refractivity contribution is 5.99. The molecule has 1 aliphatic heterocycles. The second-order valence-electron chi connectivity index (χ2n) is 7.75. The Bertz CT molecular complexity index is 1040. The van der Waals surface area contributed by atoms with Crippen molar-refractivity contribution in [3.05, 3.63) is 88.7 Å². The molecule has 0 unspecified atom stereocenters. The summed E-state index contributed by atoms with van der Waals surface area (Å²) in [6.45, 7) is 5.55. The number of carbonyl (C=O) groups is 2. The molecule has 154 valence electrons. The van der Waals surface area contributed by atoms with Gasteiger partial charge < -0.3 is 10.2 Å². The van der Waals surface area contributed by atoms with Gasteiger partial charge in [-0.05, 0) is 31.4 Å². The van der Waals surface area contributed by atoms with Gasteiger partial charge in [0.15, 0.2) is 0 Å². The number of nitrogens with zero attached hydrogens (tertiary/aromatic N) is 3. The zero-order valence-corrected chi connectivity index (χ0v) is 17.3. The first-order chi connectivity index (χ1) is 14.5. The number of aryl methyl sites for hydroxylation is 1. The summed E-state index contributed by atoms with van der Waals surface area (Å²) in [4.78, 5) is 27.6. The third kappa shape index (κ3) is 4.13. The van der Waals surface area contributed by atoms with Gasteiger partial charge >= 0.3 is 0 Å². The molecular weight excluding hydrogens is 376 g/mol. The molecule has 1 saturated heterocycles. The van der Waals surface area contributed by atoms with E-state index in [1.54, 1.807) is 4.90 Å². The van der Waals surface area contributed by atoms with E-state index in [0.29, 0.717) is 37.3 Å². The van der Waals surface area contributed by atoms with Gasteiger partial charge in [0.05, 0.1) is 17.8 Å². The average Bonchev–Trinajstić information content (AvgIpc) is 3.22. The minimum absolute atomic E-state index is 0.0285. The van der Waals surface area contributed by atoms with Gasteiger partial charge in [-0.15, -0.1) is 0 Å². The lowest BCUT2D eigenvalue weighted by Gasteiger charge is -2.17. The predicted octanol–water partition coefficient (Wildman–Crippen LogP) is 3.08. The molecule has 2 aromatic carbocycles. The second kappa shape index (κ2) is 8.53. The topological polar surface area (TPSA) is 67.2 Å². The van der Waals surface area contributed by atoms with Crippen molar-refractivity contribution in [1.82, 2.24) is 20.0 Å². The van der Waals surface area contributed by atoms with Crippen LogP contribution in [0.25, 0.3) is 0 Å². The van der Waals surface area contributed by atoms with Crippen LogP contribution < -0.4 is 5.32 Å². The van der Waals surface area contributed by atoms with Crippen LogP contribution in [-0.4, -0.2) is 39.1 Å². The van der Waals surface area contributed by atoms with Crippen LogP contribution in [0.2, 0.25) is 0 Å². The number of rotatable bonds is 6. The van der Waals surface area contributed by atoms with E-state index in [1.165, 1.54) is 0 Å². The Labute approximate surface area is 176 Å². The lowest BCUT2D eigenvalue weighted by Crippen LogP contribution is -2.41. The number of aromatic nitrogens is 2. The molecule has 0 spiro atoms. The van der Waals surface area contributed by atoms with Gasteiger partial charge in [0, 0.05) is 18.8 Å². The highest BCUT2D eigenvalue weighted by Gasteiger charge is 2.33. The molecule has 6 nitrogen and oxygen atoms in total. The van der Waals surface area contributed by atoms with Crippen LogP contribution in [0.15, 0.2) is 60.7 Å². The Balaban J connectivity index is 1.43. The number of benzene rings is 2. The maximum Gasteiger partial charge on any atom is 0.255 e. The maximum atomic E-state index is 13.0. The average molecular weight is 402 g/mol. The van der Waals surface area contributed by atoms with Gasteiger partial charge in [0.1, 0.15) is 6.04 Å². The Morgan fingerprint density at radius 2 is 1.60 bits per heavy atom. The number of likely N-dealkylation sites (tertiary alicyclic amines) is 1. The van der Waals surface area contributed by atoms with Crippen LogP contribution in [0.1, 0.15) is 39.3 Å². The van der Waals surface area contributed by atoms with Crippen LogP contribution in [0, 0.1) is 13.8 Å². The molecule has 0 saturated carbocycles. The molecule has 6 heteroatoms. The van der Waals surface area contributed by atoms with E-state index in [4.69, 9.17) is 0 Å². The smallest absolute Gasteiger partial charge is 0.255 e. The first-order valence-corrected chi connectivity index (χ1v) is 10.2. The largest absolute Gasteiger partial charge is 0.340 e.